The van der Waals surface area contributed by atoms with Crippen molar-refractivity contribution in [2.75, 3.05) is 39.4 Å². The second kappa shape index (κ2) is 7.46. The first-order chi connectivity index (χ1) is 9.74. The number of piperazine rings is 1. The van der Waals surface area contributed by atoms with E-state index in [2.05, 4.69) is 23.2 Å². The molecule has 2 aliphatic rings. The highest BCUT2D eigenvalue weighted by molar-refractivity contribution is 5.74. The van der Waals surface area contributed by atoms with Crippen LogP contribution in [0.4, 0.5) is 4.79 Å². The van der Waals surface area contributed by atoms with Gasteiger partial charge in [-0.15, -0.1) is 0 Å². The lowest BCUT2D eigenvalue weighted by molar-refractivity contribution is 0.118. The van der Waals surface area contributed by atoms with Crippen LogP contribution < -0.4 is 5.32 Å². The third-order valence-corrected chi connectivity index (χ3v) is 4.01. The number of carbonyl (C=O) groups excluding carboxylic acids is 1. The molecule has 20 heavy (non-hydrogen) atoms. The molecule has 2 saturated heterocycles. The Morgan fingerprint density at radius 1 is 1.45 bits per heavy atom. The summed E-state index contributed by atoms with van der Waals surface area (Å²) in [6, 6.07) is 2.52. The van der Waals surface area contributed by atoms with E-state index in [1.54, 1.807) is 0 Å². The van der Waals surface area contributed by atoms with Gasteiger partial charge in [0.2, 0.25) is 0 Å². The Hall–Kier alpha value is -1.32. The monoisotopic (exact) mass is 280 g/mol. The van der Waals surface area contributed by atoms with Crippen molar-refractivity contribution in [1.29, 1.82) is 5.26 Å². The Bertz CT molecular complexity index is 355. The van der Waals surface area contributed by atoms with Crippen molar-refractivity contribution < 1.29 is 9.53 Å². The third-order valence-electron chi connectivity index (χ3n) is 4.01. The summed E-state index contributed by atoms with van der Waals surface area (Å²) in [7, 11) is 0. The van der Waals surface area contributed by atoms with Gasteiger partial charge in [0.05, 0.1) is 24.8 Å². The molecule has 2 fully saturated rings. The molecule has 6 nitrogen and oxygen atoms in total. The lowest BCUT2D eigenvalue weighted by atomic mass is 10.1. The van der Waals surface area contributed by atoms with Gasteiger partial charge in [-0.25, -0.2) is 4.79 Å². The van der Waals surface area contributed by atoms with Crippen LogP contribution >= 0.6 is 0 Å². The van der Waals surface area contributed by atoms with Gasteiger partial charge in [0.1, 0.15) is 0 Å². The van der Waals surface area contributed by atoms with E-state index in [1.165, 1.54) is 0 Å². The number of nitrogens with one attached hydrogen (secondary N) is 1. The zero-order chi connectivity index (χ0) is 14.4. The maximum absolute atomic E-state index is 12.1. The van der Waals surface area contributed by atoms with Crippen LogP contribution in [-0.2, 0) is 4.74 Å². The third kappa shape index (κ3) is 3.84. The highest BCUT2D eigenvalue weighted by Gasteiger charge is 2.27. The fourth-order valence-corrected chi connectivity index (χ4v) is 2.75. The SMILES string of the molecule is CCCC(C#N)N1CCN(C(=O)NC2CCOC2)CC1. The van der Waals surface area contributed by atoms with E-state index in [0.717, 1.165) is 39.0 Å². The molecule has 6 heteroatoms. The van der Waals surface area contributed by atoms with Crippen LogP contribution in [0.3, 0.4) is 0 Å². The molecule has 0 spiro atoms. The van der Waals surface area contributed by atoms with Gasteiger partial charge in [-0.2, -0.15) is 5.26 Å². The first-order valence-corrected chi connectivity index (χ1v) is 7.51. The van der Waals surface area contributed by atoms with Crippen molar-refractivity contribution >= 4 is 6.03 Å². The minimum Gasteiger partial charge on any atom is -0.379 e. The zero-order valence-electron chi connectivity index (χ0n) is 12.2. The van der Waals surface area contributed by atoms with E-state index < -0.39 is 0 Å². The van der Waals surface area contributed by atoms with Crippen LogP contribution in [-0.4, -0.2) is 67.3 Å². The largest absolute Gasteiger partial charge is 0.379 e. The maximum atomic E-state index is 12.1. The van der Waals surface area contributed by atoms with E-state index >= 15 is 0 Å². The number of carbonyl (C=O) groups is 1. The number of rotatable bonds is 4. The molecule has 0 aliphatic carbocycles. The summed E-state index contributed by atoms with van der Waals surface area (Å²) in [5.41, 5.74) is 0. The molecule has 2 heterocycles. The summed E-state index contributed by atoms with van der Waals surface area (Å²) < 4.78 is 5.26. The Morgan fingerprint density at radius 2 is 2.20 bits per heavy atom. The van der Waals surface area contributed by atoms with Crippen LogP contribution in [0, 0.1) is 11.3 Å². The summed E-state index contributed by atoms with van der Waals surface area (Å²) in [6.45, 7) is 6.41. The van der Waals surface area contributed by atoms with Gasteiger partial charge in [-0.1, -0.05) is 13.3 Å². The number of hydrogen-bond acceptors (Lipinski definition) is 4. The van der Waals surface area contributed by atoms with E-state index in [9.17, 15) is 10.1 Å². The van der Waals surface area contributed by atoms with Gasteiger partial charge in [0.25, 0.3) is 0 Å². The van der Waals surface area contributed by atoms with Crippen molar-refractivity contribution in [3.05, 3.63) is 0 Å². The topological polar surface area (TPSA) is 68.6 Å². The Morgan fingerprint density at radius 3 is 2.75 bits per heavy atom. The Balaban J connectivity index is 1.75. The summed E-state index contributed by atoms with van der Waals surface area (Å²) in [5, 5.41) is 12.2. The molecule has 2 unspecified atom stereocenters. The number of nitriles is 1. The second-order valence-electron chi connectivity index (χ2n) is 5.47. The first-order valence-electron chi connectivity index (χ1n) is 7.51. The molecular formula is C14H24N4O2. The fourth-order valence-electron chi connectivity index (χ4n) is 2.75. The first kappa shape index (κ1) is 15.1. The van der Waals surface area contributed by atoms with Gasteiger partial charge in [-0.05, 0) is 12.8 Å². The average molecular weight is 280 g/mol. The molecule has 2 aliphatic heterocycles. The number of hydrogen-bond donors (Lipinski definition) is 1. The van der Waals surface area contributed by atoms with Gasteiger partial charge >= 0.3 is 6.03 Å². The van der Waals surface area contributed by atoms with Crippen LogP contribution in [0.25, 0.3) is 0 Å². The number of ether oxygens (including phenoxy) is 1. The van der Waals surface area contributed by atoms with Crippen LogP contribution in [0.15, 0.2) is 0 Å². The lowest BCUT2D eigenvalue weighted by Gasteiger charge is -2.37. The lowest BCUT2D eigenvalue weighted by Crippen LogP contribution is -2.55. The predicted molar refractivity (Wildman–Crippen MR) is 75.2 cm³/mol. The highest BCUT2D eigenvalue weighted by atomic mass is 16.5. The molecule has 0 aromatic rings. The van der Waals surface area contributed by atoms with Crippen LogP contribution in [0.1, 0.15) is 26.2 Å². The second-order valence-corrected chi connectivity index (χ2v) is 5.47. The Labute approximate surface area is 120 Å². The van der Waals surface area contributed by atoms with Gasteiger partial charge < -0.3 is 15.0 Å². The molecule has 0 radical (unpaired) electrons. The van der Waals surface area contributed by atoms with Gasteiger partial charge in [0.15, 0.2) is 0 Å². The molecule has 0 bridgehead atoms. The summed E-state index contributed by atoms with van der Waals surface area (Å²) in [4.78, 5) is 16.1. The van der Waals surface area contributed by atoms with E-state index in [-0.39, 0.29) is 18.1 Å². The quantitative estimate of drug-likeness (QED) is 0.827. The van der Waals surface area contributed by atoms with E-state index in [4.69, 9.17) is 4.74 Å². The predicted octanol–water partition coefficient (Wildman–Crippen LogP) is 0.795. The average Bonchev–Trinajstić information content (AvgIpc) is 2.98. The molecule has 2 rings (SSSR count). The van der Waals surface area contributed by atoms with Crippen LogP contribution in [0.5, 0.6) is 0 Å². The Kier molecular flexibility index (Phi) is 5.62. The molecule has 2 amide bonds. The van der Waals surface area contributed by atoms with Crippen molar-refractivity contribution in [2.24, 2.45) is 0 Å². The normalized spacial score (nSPS) is 25.2. The standard InChI is InChI=1S/C14H24N4O2/c1-2-3-13(10-15)17-5-7-18(8-6-17)14(19)16-12-4-9-20-11-12/h12-13H,2-9,11H2,1H3,(H,16,19). The summed E-state index contributed by atoms with van der Waals surface area (Å²) in [5.74, 6) is 0. The van der Waals surface area contributed by atoms with E-state index in [0.29, 0.717) is 19.7 Å². The molecule has 0 saturated carbocycles. The molecule has 2 atom stereocenters. The van der Waals surface area contributed by atoms with Crippen molar-refractivity contribution in [2.45, 2.75) is 38.3 Å². The summed E-state index contributed by atoms with van der Waals surface area (Å²) >= 11 is 0. The van der Waals surface area contributed by atoms with Crippen molar-refractivity contribution in [1.82, 2.24) is 15.1 Å². The number of urea groups is 1. The molecular weight excluding hydrogens is 256 g/mol. The van der Waals surface area contributed by atoms with Gasteiger partial charge in [-0.3, -0.25) is 4.90 Å². The minimum atomic E-state index is -0.00607. The number of nitrogens with zero attached hydrogens (tertiary/aromatic N) is 3. The number of amides is 2. The van der Waals surface area contributed by atoms with E-state index in [1.807, 2.05) is 4.90 Å². The van der Waals surface area contributed by atoms with Crippen molar-refractivity contribution in [3.63, 3.8) is 0 Å². The van der Waals surface area contributed by atoms with Crippen LogP contribution in [0.2, 0.25) is 0 Å². The molecule has 1 N–H and O–H groups in total. The molecule has 0 aromatic heterocycles. The van der Waals surface area contributed by atoms with Crippen molar-refractivity contribution in [3.8, 4) is 6.07 Å². The minimum absolute atomic E-state index is 0.00384. The maximum Gasteiger partial charge on any atom is 0.317 e. The van der Waals surface area contributed by atoms with Gasteiger partial charge in [0, 0.05) is 32.8 Å². The summed E-state index contributed by atoms with van der Waals surface area (Å²) in [6.07, 6.45) is 2.82. The molecule has 112 valence electrons. The highest BCUT2D eigenvalue weighted by Crippen LogP contribution is 2.11. The fraction of sp³-hybridized carbons (Fsp3) is 0.857. The molecule has 0 aromatic carbocycles. The zero-order valence-corrected chi connectivity index (χ0v) is 12.2. The smallest absolute Gasteiger partial charge is 0.317 e.